The third-order valence-electron chi connectivity index (χ3n) is 6.10. The van der Waals surface area contributed by atoms with E-state index in [1.807, 2.05) is 0 Å². The molecule has 0 amide bonds. The molecule has 1 unspecified atom stereocenters. The number of likely N-dealkylation sites (tertiary alicyclic amines) is 1. The summed E-state index contributed by atoms with van der Waals surface area (Å²) < 4.78 is 17.4. The van der Waals surface area contributed by atoms with Gasteiger partial charge in [0, 0.05) is 43.7 Å². The van der Waals surface area contributed by atoms with Crippen LogP contribution in [0.2, 0.25) is 0 Å². The monoisotopic (exact) mass is 374 g/mol. The van der Waals surface area contributed by atoms with Gasteiger partial charge in [-0.1, -0.05) is 0 Å². The number of nitrogens with zero attached hydrogens (tertiary/aromatic N) is 2. The van der Waals surface area contributed by atoms with E-state index in [1.54, 1.807) is 0 Å². The van der Waals surface area contributed by atoms with E-state index in [0.717, 1.165) is 56.7 Å². The molecule has 0 radical (unpaired) electrons. The number of piperidine rings is 1. The van der Waals surface area contributed by atoms with Crippen molar-refractivity contribution >= 4 is 0 Å². The highest BCUT2D eigenvalue weighted by molar-refractivity contribution is 5.48. The Labute approximate surface area is 163 Å². The van der Waals surface area contributed by atoms with Crippen molar-refractivity contribution in [1.29, 1.82) is 0 Å². The molecule has 3 aliphatic rings. The van der Waals surface area contributed by atoms with Crippen molar-refractivity contribution in [3.63, 3.8) is 0 Å². The number of hydrogen-bond acceptors (Lipinski definition) is 5. The Hall–Kier alpha value is -1.30. The van der Waals surface area contributed by atoms with Gasteiger partial charge >= 0.3 is 0 Å². The average molecular weight is 375 g/mol. The summed E-state index contributed by atoms with van der Waals surface area (Å²) in [5.74, 6) is 2.93. The lowest BCUT2D eigenvalue weighted by atomic mass is 9.95. The minimum absolute atomic E-state index is 0.278. The highest BCUT2D eigenvalue weighted by Crippen LogP contribution is 2.36. The van der Waals surface area contributed by atoms with Crippen LogP contribution in [0.1, 0.15) is 37.8 Å². The van der Waals surface area contributed by atoms with E-state index >= 15 is 0 Å². The summed E-state index contributed by atoms with van der Waals surface area (Å²) in [5.41, 5.74) is 2.57. The normalized spacial score (nSPS) is 24.6. The zero-order chi connectivity index (χ0) is 18.6. The molecule has 1 atom stereocenters. The maximum absolute atomic E-state index is 5.98. The van der Waals surface area contributed by atoms with Crippen LogP contribution in [0.15, 0.2) is 12.1 Å². The summed E-state index contributed by atoms with van der Waals surface area (Å²) in [4.78, 5) is 5.16. The van der Waals surface area contributed by atoms with Crippen LogP contribution in [0.4, 0.5) is 0 Å². The van der Waals surface area contributed by atoms with Gasteiger partial charge in [0.25, 0.3) is 0 Å². The van der Waals surface area contributed by atoms with Gasteiger partial charge in [0.05, 0.1) is 19.8 Å². The fraction of sp³-hybridized carbons (Fsp3) is 0.727. The van der Waals surface area contributed by atoms with Crippen LogP contribution in [0.5, 0.6) is 11.5 Å². The largest absolute Gasteiger partial charge is 0.494 e. The molecule has 5 heteroatoms. The van der Waals surface area contributed by atoms with Gasteiger partial charge in [0.1, 0.15) is 17.6 Å². The van der Waals surface area contributed by atoms with E-state index < -0.39 is 0 Å². The van der Waals surface area contributed by atoms with E-state index in [4.69, 9.17) is 14.2 Å². The van der Waals surface area contributed by atoms with E-state index in [0.29, 0.717) is 6.61 Å². The zero-order valence-electron chi connectivity index (χ0n) is 16.9. The van der Waals surface area contributed by atoms with E-state index in [2.05, 4.69) is 35.8 Å². The molecule has 3 heterocycles. The van der Waals surface area contributed by atoms with Crippen LogP contribution in [0, 0.1) is 5.92 Å². The van der Waals surface area contributed by atoms with Gasteiger partial charge in [0.2, 0.25) is 0 Å². The zero-order valence-corrected chi connectivity index (χ0v) is 16.9. The third kappa shape index (κ3) is 4.76. The van der Waals surface area contributed by atoms with E-state index in [1.165, 1.54) is 43.6 Å². The molecular formula is C22H34N2O3. The van der Waals surface area contributed by atoms with Crippen LogP contribution < -0.4 is 9.47 Å². The van der Waals surface area contributed by atoms with Crippen molar-refractivity contribution < 1.29 is 14.2 Å². The first-order valence-corrected chi connectivity index (χ1v) is 10.7. The minimum Gasteiger partial charge on any atom is -0.494 e. The van der Waals surface area contributed by atoms with Gasteiger partial charge < -0.3 is 14.2 Å². The molecule has 0 aliphatic carbocycles. The number of fused-ring (bicyclic) bond motifs is 1. The van der Waals surface area contributed by atoms with Crippen LogP contribution >= 0.6 is 0 Å². The molecule has 150 valence electrons. The van der Waals surface area contributed by atoms with Gasteiger partial charge in [-0.05, 0) is 57.8 Å². The SMILES string of the molecule is CCOc1cc2c(cc1CN1CCC(CN3CCOCC3)CC1)OC(C)C2. The summed E-state index contributed by atoms with van der Waals surface area (Å²) in [5, 5.41) is 0. The standard InChI is InChI=1S/C22H34N2O3/c1-3-26-21-13-19-12-17(2)27-22(19)14-20(21)16-23-6-4-18(5-7-23)15-24-8-10-25-11-9-24/h13-14,17-18H,3-12,15-16H2,1-2H3. The van der Waals surface area contributed by atoms with Crippen molar-refractivity contribution in [2.45, 2.75) is 45.8 Å². The first kappa shape index (κ1) is 19.0. The minimum atomic E-state index is 0.278. The van der Waals surface area contributed by atoms with Gasteiger partial charge in [-0.3, -0.25) is 9.80 Å². The maximum atomic E-state index is 5.98. The second-order valence-electron chi connectivity index (χ2n) is 8.27. The van der Waals surface area contributed by atoms with Crippen molar-refractivity contribution in [3.8, 4) is 11.5 Å². The molecule has 2 fully saturated rings. The molecule has 3 aliphatic heterocycles. The smallest absolute Gasteiger partial charge is 0.124 e. The molecule has 27 heavy (non-hydrogen) atoms. The number of benzene rings is 1. The first-order chi connectivity index (χ1) is 13.2. The van der Waals surface area contributed by atoms with Crippen LogP contribution in [-0.4, -0.2) is 68.4 Å². The number of ether oxygens (including phenoxy) is 3. The molecule has 0 saturated carbocycles. The maximum Gasteiger partial charge on any atom is 0.124 e. The van der Waals surface area contributed by atoms with Crippen molar-refractivity contribution in [3.05, 3.63) is 23.3 Å². The van der Waals surface area contributed by atoms with E-state index in [-0.39, 0.29) is 6.10 Å². The van der Waals surface area contributed by atoms with Crippen molar-refractivity contribution in [2.24, 2.45) is 5.92 Å². The number of rotatable bonds is 6. The lowest BCUT2D eigenvalue weighted by molar-refractivity contribution is 0.0242. The lowest BCUT2D eigenvalue weighted by Crippen LogP contribution is -2.42. The fourth-order valence-corrected chi connectivity index (χ4v) is 4.61. The van der Waals surface area contributed by atoms with Gasteiger partial charge in [-0.2, -0.15) is 0 Å². The van der Waals surface area contributed by atoms with Gasteiger partial charge in [0.15, 0.2) is 0 Å². The first-order valence-electron chi connectivity index (χ1n) is 10.7. The second-order valence-corrected chi connectivity index (χ2v) is 8.27. The summed E-state index contributed by atoms with van der Waals surface area (Å²) in [6.07, 6.45) is 3.85. The summed E-state index contributed by atoms with van der Waals surface area (Å²) in [7, 11) is 0. The van der Waals surface area contributed by atoms with Crippen molar-refractivity contribution in [1.82, 2.24) is 9.80 Å². The number of hydrogen-bond donors (Lipinski definition) is 0. The Bertz CT molecular complexity index is 622. The molecule has 0 aromatic heterocycles. The van der Waals surface area contributed by atoms with Gasteiger partial charge in [-0.25, -0.2) is 0 Å². The van der Waals surface area contributed by atoms with Crippen molar-refractivity contribution in [2.75, 3.05) is 52.5 Å². The fourth-order valence-electron chi connectivity index (χ4n) is 4.61. The molecular weight excluding hydrogens is 340 g/mol. The van der Waals surface area contributed by atoms with E-state index in [9.17, 15) is 0 Å². The number of morpholine rings is 1. The Morgan fingerprint density at radius 3 is 2.59 bits per heavy atom. The quantitative estimate of drug-likeness (QED) is 0.765. The Balaban J connectivity index is 1.34. The Morgan fingerprint density at radius 2 is 1.85 bits per heavy atom. The predicted molar refractivity (Wildman–Crippen MR) is 107 cm³/mol. The molecule has 0 bridgehead atoms. The lowest BCUT2D eigenvalue weighted by Gasteiger charge is -2.36. The summed E-state index contributed by atoms with van der Waals surface area (Å²) in [6, 6.07) is 4.44. The molecule has 0 N–H and O–H groups in total. The molecule has 4 rings (SSSR count). The van der Waals surface area contributed by atoms with Crippen LogP contribution in [-0.2, 0) is 17.7 Å². The predicted octanol–water partition coefficient (Wildman–Crippen LogP) is 2.95. The van der Waals surface area contributed by atoms with Crippen LogP contribution in [0.25, 0.3) is 0 Å². The topological polar surface area (TPSA) is 34.2 Å². The Morgan fingerprint density at radius 1 is 1.07 bits per heavy atom. The third-order valence-corrected chi connectivity index (χ3v) is 6.10. The summed E-state index contributed by atoms with van der Waals surface area (Å²) in [6.45, 7) is 13.5. The van der Waals surface area contributed by atoms with Gasteiger partial charge in [-0.15, -0.1) is 0 Å². The van der Waals surface area contributed by atoms with Crippen LogP contribution in [0.3, 0.4) is 0 Å². The molecule has 2 saturated heterocycles. The molecule has 1 aromatic rings. The average Bonchev–Trinajstić information content (AvgIpc) is 3.03. The highest BCUT2D eigenvalue weighted by atomic mass is 16.5. The molecule has 5 nitrogen and oxygen atoms in total. The molecule has 1 aromatic carbocycles. The Kier molecular flexibility index (Phi) is 6.21. The highest BCUT2D eigenvalue weighted by Gasteiger charge is 2.25. The summed E-state index contributed by atoms with van der Waals surface area (Å²) >= 11 is 0. The molecule has 0 spiro atoms. The second kappa shape index (κ2) is 8.80.